The molecule has 0 radical (unpaired) electrons. The van der Waals surface area contributed by atoms with Crippen LogP contribution in [0.25, 0.3) is 10.8 Å². The summed E-state index contributed by atoms with van der Waals surface area (Å²) in [4.78, 5) is 36.3. The van der Waals surface area contributed by atoms with Gasteiger partial charge in [0.25, 0.3) is 0 Å². The van der Waals surface area contributed by atoms with Crippen LogP contribution in [0.3, 0.4) is 0 Å². The molecule has 0 unspecified atom stereocenters. The Kier molecular flexibility index (Phi) is 5.84. The van der Waals surface area contributed by atoms with Crippen molar-refractivity contribution in [1.82, 2.24) is 5.32 Å². The Morgan fingerprint density at radius 1 is 0.929 bits per heavy atom. The van der Waals surface area contributed by atoms with Crippen LogP contribution in [-0.2, 0) is 16.0 Å². The van der Waals surface area contributed by atoms with E-state index >= 15 is 0 Å². The molecule has 3 aromatic carbocycles. The van der Waals surface area contributed by atoms with Crippen LogP contribution in [0.1, 0.15) is 29.8 Å². The first kappa shape index (κ1) is 19.3. The number of Topliss-reactive ketones (excluding diaryl/α,β-unsaturated/α-hetero) is 1. The second-order valence-corrected chi connectivity index (χ2v) is 6.73. The monoisotopic (exact) mass is 374 g/mol. The van der Waals surface area contributed by atoms with Crippen LogP contribution in [0.5, 0.6) is 0 Å². The normalized spacial score (nSPS) is 11.6. The number of carbonyl (C=O) groups excluding carboxylic acids is 3. The third kappa shape index (κ3) is 4.62. The molecule has 5 nitrogen and oxygen atoms in total. The van der Waals surface area contributed by atoms with Gasteiger partial charge in [-0.3, -0.25) is 14.4 Å². The van der Waals surface area contributed by atoms with Crippen molar-refractivity contribution in [2.45, 2.75) is 26.3 Å². The van der Waals surface area contributed by atoms with Crippen LogP contribution < -0.4 is 10.6 Å². The molecule has 2 N–H and O–H groups in total. The molecule has 28 heavy (non-hydrogen) atoms. The van der Waals surface area contributed by atoms with Crippen molar-refractivity contribution in [3.05, 3.63) is 77.9 Å². The van der Waals surface area contributed by atoms with E-state index < -0.39 is 6.04 Å². The van der Waals surface area contributed by atoms with Gasteiger partial charge >= 0.3 is 0 Å². The van der Waals surface area contributed by atoms with Gasteiger partial charge in [-0.25, -0.2) is 0 Å². The Labute approximate surface area is 163 Å². The maximum Gasteiger partial charge on any atom is 0.246 e. The summed E-state index contributed by atoms with van der Waals surface area (Å²) in [5.41, 5.74) is 1.95. The second-order valence-electron chi connectivity index (χ2n) is 6.73. The summed E-state index contributed by atoms with van der Waals surface area (Å²) in [6.45, 7) is 3.10. The lowest BCUT2D eigenvalue weighted by molar-refractivity contribution is -0.125. The van der Waals surface area contributed by atoms with E-state index in [4.69, 9.17) is 0 Å². The lowest BCUT2D eigenvalue weighted by Gasteiger charge is -2.15. The van der Waals surface area contributed by atoms with Gasteiger partial charge < -0.3 is 10.6 Å². The smallest absolute Gasteiger partial charge is 0.246 e. The fourth-order valence-corrected chi connectivity index (χ4v) is 3.04. The zero-order valence-corrected chi connectivity index (χ0v) is 15.9. The summed E-state index contributed by atoms with van der Waals surface area (Å²) in [5, 5.41) is 7.56. The average molecular weight is 374 g/mol. The van der Waals surface area contributed by atoms with E-state index in [0.29, 0.717) is 11.3 Å². The Balaban J connectivity index is 1.63. The third-order valence-corrected chi connectivity index (χ3v) is 4.54. The highest BCUT2D eigenvalue weighted by Crippen LogP contribution is 2.19. The van der Waals surface area contributed by atoms with Gasteiger partial charge in [0.15, 0.2) is 5.78 Å². The molecule has 2 amide bonds. The van der Waals surface area contributed by atoms with E-state index in [9.17, 15) is 14.4 Å². The van der Waals surface area contributed by atoms with E-state index in [1.807, 2.05) is 42.5 Å². The lowest BCUT2D eigenvalue weighted by Crippen LogP contribution is -2.42. The Morgan fingerprint density at radius 2 is 1.64 bits per heavy atom. The molecule has 0 spiro atoms. The predicted molar refractivity (Wildman–Crippen MR) is 110 cm³/mol. The van der Waals surface area contributed by atoms with Gasteiger partial charge in [-0.05, 0) is 42.3 Å². The molecule has 1 atom stereocenters. The molecule has 5 heteroatoms. The molecular weight excluding hydrogens is 352 g/mol. The highest BCUT2D eigenvalue weighted by Gasteiger charge is 2.17. The number of amides is 2. The number of anilines is 1. The average Bonchev–Trinajstić information content (AvgIpc) is 2.68. The first-order chi connectivity index (χ1) is 13.4. The van der Waals surface area contributed by atoms with Gasteiger partial charge in [0.2, 0.25) is 11.8 Å². The number of rotatable bonds is 6. The summed E-state index contributed by atoms with van der Waals surface area (Å²) in [7, 11) is 0. The van der Waals surface area contributed by atoms with E-state index in [0.717, 1.165) is 16.3 Å². The maximum atomic E-state index is 12.4. The van der Waals surface area contributed by atoms with Crippen LogP contribution in [0.15, 0.2) is 66.7 Å². The highest BCUT2D eigenvalue weighted by molar-refractivity contribution is 6.00. The lowest BCUT2D eigenvalue weighted by atomic mass is 10.0. The zero-order valence-electron chi connectivity index (χ0n) is 15.9. The molecule has 3 aromatic rings. The summed E-state index contributed by atoms with van der Waals surface area (Å²) in [6.07, 6.45) is 0.193. The van der Waals surface area contributed by atoms with Gasteiger partial charge in [-0.2, -0.15) is 0 Å². The van der Waals surface area contributed by atoms with E-state index in [2.05, 4.69) is 10.6 Å². The van der Waals surface area contributed by atoms with Crippen LogP contribution in [0.4, 0.5) is 5.69 Å². The van der Waals surface area contributed by atoms with Crippen LogP contribution in [0.2, 0.25) is 0 Å². The Morgan fingerprint density at radius 3 is 2.43 bits per heavy atom. The number of fused-ring (bicyclic) bond motifs is 1. The fraction of sp³-hybridized carbons (Fsp3) is 0.174. The van der Waals surface area contributed by atoms with Crippen LogP contribution >= 0.6 is 0 Å². The molecule has 0 aliphatic carbocycles. The van der Waals surface area contributed by atoms with Gasteiger partial charge in [0.05, 0.1) is 6.42 Å². The van der Waals surface area contributed by atoms with Crippen molar-refractivity contribution in [2.24, 2.45) is 0 Å². The fourth-order valence-electron chi connectivity index (χ4n) is 3.04. The van der Waals surface area contributed by atoms with Crippen molar-refractivity contribution >= 4 is 34.1 Å². The molecule has 0 aromatic heterocycles. The van der Waals surface area contributed by atoms with E-state index in [1.165, 1.54) is 6.92 Å². The first-order valence-corrected chi connectivity index (χ1v) is 9.12. The van der Waals surface area contributed by atoms with Gasteiger partial charge in [0.1, 0.15) is 6.04 Å². The van der Waals surface area contributed by atoms with Crippen LogP contribution in [-0.4, -0.2) is 23.6 Å². The Bertz CT molecular complexity index is 1040. The number of ketones is 1. The summed E-state index contributed by atoms with van der Waals surface area (Å²) in [5.74, 6) is -0.643. The zero-order chi connectivity index (χ0) is 20.1. The minimum absolute atomic E-state index is 0.0764. The highest BCUT2D eigenvalue weighted by atomic mass is 16.2. The molecule has 3 rings (SSSR count). The topological polar surface area (TPSA) is 75.3 Å². The molecule has 0 saturated carbocycles. The number of hydrogen-bond donors (Lipinski definition) is 2. The quantitative estimate of drug-likeness (QED) is 0.646. The number of hydrogen-bond acceptors (Lipinski definition) is 3. The molecular formula is C23H22N2O3. The van der Waals surface area contributed by atoms with E-state index in [1.54, 1.807) is 31.2 Å². The summed E-state index contributed by atoms with van der Waals surface area (Å²) < 4.78 is 0. The number of carbonyl (C=O) groups is 3. The van der Waals surface area contributed by atoms with E-state index in [-0.39, 0.29) is 24.0 Å². The molecule has 142 valence electrons. The number of benzene rings is 3. The van der Waals surface area contributed by atoms with Crippen molar-refractivity contribution in [1.29, 1.82) is 0 Å². The first-order valence-electron chi connectivity index (χ1n) is 9.12. The Hall–Kier alpha value is -3.47. The van der Waals surface area contributed by atoms with Crippen molar-refractivity contribution in [3.8, 4) is 0 Å². The predicted octanol–water partition coefficient (Wildman–Crippen LogP) is 3.73. The third-order valence-electron chi connectivity index (χ3n) is 4.54. The van der Waals surface area contributed by atoms with Crippen LogP contribution in [0, 0.1) is 0 Å². The summed E-state index contributed by atoms with van der Waals surface area (Å²) >= 11 is 0. The molecule has 0 bridgehead atoms. The van der Waals surface area contributed by atoms with Crippen molar-refractivity contribution in [2.75, 3.05) is 5.32 Å². The maximum absolute atomic E-state index is 12.4. The summed E-state index contributed by atoms with van der Waals surface area (Å²) in [6, 6.07) is 19.7. The molecule has 0 aliphatic heterocycles. The molecule has 0 heterocycles. The van der Waals surface area contributed by atoms with Gasteiger partial charge in [-0.1, -0.05) is 54.6 Å². The second kappa shape index (κ2) is 8.48. The minimum atomic E-state index is -0.705. The van der Waals surface area contributed by atoms with Crippen molar-refractivity contribution in [3.63, 3.8) is 0 Å². The molecule has 0 saturated heterocycles. The standard InChI is InChI=1S/C23H22N2O3/c1-15(23(28)25-20-11-6-9-18(13-20)16(2)26)24-22(27)14-19-10-5-8-17-7-3-4-12-21(17)19/h3-13,15H,14H2,1-2H3,(H,24,27)(H,25,28)/t15-/m1/s1. The number of nitrogens with one attached hydrogen (secondary N) is 2. The van der Waals surface area contributed by atoms with Gasteiger partial charge in [0, 0.05) is 11.3 Å². The minimum Gasteiger partial charge on any atom is -0.344 e. The van der Waals surface area contributed by atoms with Crippen molar-refractivity contribution < 1.29 is 14.4 Å². The SMILES string of the molecule is CC(=O)c1cccc(NC(=O)[C@@H](C)NC(=O)Cc2cccc3ccccc23)c1. The molecule has 0 fully saturated rings. The molecule has 0 aliphatic rings. The largest absolute Gasteiger partial charge is 0.344 e. The van der Waals surface area contributed by atoms with Gasteiger partial charge in [-0.15, -0.1) is 0 Å².